The van der Waals surface area contributed by atoms with Crippen molar-refractivity contribution in [2.75, 3.05) is 7.11 Å². The van der Waals surface area contributed by atoms with Crippen molar-refractivity contribution in [3.05, 3.63) is 47.3 Å². The van der Waals surface area contributed by atoms with Gasteiger partial charge < -0.3 is 10.1 Å². The lowest BCUT2D eigenvalue weighted by atomic mass is 10.2. The first-order valence-corrected chi connectivity index (χ1v) is 6.59. The summed E-state index contributed by atoms with van der Waals surface area (Å²) in [6, 6.07) is 7.62. The smallest absolute Gasteiger partial charge is 0.255 e. The lowest BCUT2D eigenvalue weighted by molar-refractivity contribution is 0.0950. The Morgan fingerprint density at radius 3 is 2.60 bits per heavy atom. The molecule has 0 atom stereocenters. The molecule has 20 heavy (non-hydrogen) atoms. The molecule has 106 valence electrons. The van der Waals surface area contributed by atoms with E-state index in [1.807, 2.05) is 42.8 Å². The largest absolute Gasteiger partial charge is 0.497 e. The van der Waals surface area contributed by atoms with Crippen molar-refractivity contribution < 1.29 is 9.53 Å². The number of ether oxygens (including phenoxy) is 1. The number of methoxy groups -OCH3 is 1. The van der Waals surface area contributed by atoms with Gasteiger partial charge in [0.2, 0.25) is 0 Å². The molecular formula is C15H19N3O2. The second kappa shape index (κ2) is 6.23. The van der Waals surface area contributed by atoms with Gasteiger partial charge in [0.1, 0.15) is 5.75 Å². The van der Waals surface area contributed by atoms with E-state index in [0.717, 1.165) is 23.6 Å². The van der Waals surface area contributed by atoms with E-state index in [1.165, 1.54) is 0 Å². The normalized spacial score (nSPS) is 10.3. The fourth-order valence-corrected chi connectivity index (χ4v) is 2.01. The zero-order chi connectivity index (χ0) is 14.5. The van der Waals surface area contributed by atoms with Crippen molar-refractivity contribution in [3.8, 4) is 5.75 Å². The Labute approximate surface area is 118 Å². The molecule has 5 heteroatoms. The maximum atomic E-state index is 12.1. The number of carbonyl (C=O) groups is 1. The topological polar surface area (TPSA) is 56.2 Å². The summed E-state index contributed by atoms with van der Waals surface area (Å²) in [4.78, 5) is 12.1. The average Bonchev–Trinajstić information content (AvgIpc) is 2.86. The Morgan fingerprint density at radius 1 is 1.35 bits per heavy atom. The van der Waals surface area contributed by atoms with Gasteiger partial charge in [-0.25, -0.2) is 0 Å². The Kier molecular flexibility index (Phi) is 4.40. The van der Waals surface area contributed by atoms with Crippen LogP contribution in [0.3, 0.4) is 0 Å². The highest BCUT2D eigenvalue weighted by Gasteiger charge is 2.12. The first kappa shape index (κ1) is 14.1. The molecule has 1 N–H and O–H groups in total. The summed E-state index contributed by atoms with van der Waals surface area (Å²) in [6.45, 7) is 5.15. The van der Waals surface area contributed by atoms with E-state index in [2.05, 4.69) is 10.4 Å². The van der Waals surface area contributed by atoms with E-state index in [0.29, 0.717) is 12.1 Å². The lowest BCUT2D eigenvalue weighted by Gasteiger charge is -2.06. The third kappa shape index (κ3) is 2.99. The van der Waals surface area contributed by atoms with E-state index < -0.39 is 0 Å². The van der Waals surface area contributed by atoms with Crippen molar-refractivity contribution in [2.24, 2.45) is 0 Å². The van der Waals surface area contributed by atoms with Gasteiger partial charge >= 0.3 is 0 Å². The first-order chi connectivity index (χ1) is 9.65. The Balaban J connectivity index is 1.99. The number of hydrogen-bond acceptors (Lipinski definition) is 3. The van der Waals surface area contributed by atoms with E-state index in [4.69, 9.17) is 4.74 Å². The number of aromatic nitrogens is 2. The van der Waals surface area contributed by atoms with Crippen LogP contribution in [0.25, 0.3) is 0 Å². The second-order valence-electron chi connectivity index (χ2n) is 4.49. The minimum absolute atomic E-state index is 0.0991. The van der Waals surface area contributed by atoms with Gasteiger partial charge in [0.15, 0.2) is 0 Å². The zero-order valence-corrected chi connectivity index (χ0v) is 12.0. The number of rotatable bonds is 5. The summed E-state index contributed by atoms with van der Waals surface area (Å²) in [7, 11) is 1.63. The van der Waals surface area contributed by atoms with Crippen LogP contribution < -0.4 is 10.1 Å². The second-order valence-corrected chi connectivity index (χ2v) is 4.49. The molecule has 0 saturated heterocycles. The number of hydrogen-bond donors (Lipinski definition) is 1. The summed E-state index contributed by atoms with van der Waals surface area (Å²) in [5.74, 6) is 0.707. The quantitative estimate of drug-likeness (QED) is 0.908. The van der Waals surface area contributed by atoms with Crippen molar-refractivity contribution >= 4 is 5.91 Å². The van der Waals surface area contributed by atoms with Crippen LogP contribution in [0, 0.1) is 6.92 Å². The molecule has 0 aliphatic heterocycles. The molecule has 0 unspecified atom stereocenters. The standard InChI is InChI=1S/C15H19N3O2/c1-4-18-11(2)14(10-17-18)15(19)16-9-12-5-7-13(20-3)8-6-12/h5-8,10H,4,9H2,1-3H3,(H,16,19). The average molecular weight is 273 g/mol. The number of nitrogens with one attached hydrogen (secondary N) is 1. The minimum Gasteiger partial charge on any atom is -0.497 e. The van der Waals surface area contributed by atoms with Crippen LogP contribution in [-0.4, -0.2) is 22.8 Å². The molecule has 0 radical (unpaired) electrons. The molecule has 1 heterocycles. The van der Waals surface area contributed by atoms with E-state index >= 15 is 0 Å². The van der Waals surface area contributed by atoms with Gasteiger partial charge in [0.05, 0.1) is 18.9 Å². The van der Waals surface area contributed by atoms with Gasteiger partial charge in [-0.05, 0) is 31.5 Å². The molecule has 0 bridgehead atoms. The highest BCUT2D eigenvalue weighted by Crippen LogP contribution is 2.12. The van der Waals surface area contributed by atoms with Crippen LogP contribution in [0.1, 0.15) is 28.5 Å². The third-order valence-corrected chi connectivity index (χ3v) is 3.26. The Bertz CT molecular complexity index is 588. The van der Waals surface area contributed by atoms with E-state index in [1.54, 1.807) is 13.3 Å². The molecule has 0 saturated carbocycles. The monoisotopic (exact) mass is 273 g/mol. The lowest BCUT2D eigenvalue weighted by Crippen LogP contribution is -2.23. The number of amides is 1. The maximum Gasteiger partial charge on any atom is 0.255 e. The Hall–Kier alpha value is -2.30. The van der Waals surface area contributed by atoms with Crippen LogP contribution in [0.2, 0.25) is 0 Å². The molecule has 0 aliphatic carbocycles. The highest BCUT2D eigenvalue weighted by molar-refractivity contribution is 5.94. The van der Waals surface area contributed by atoms with Crippen LogP contribution in [0.15, 0.2) is 30.5 Å². The molecule has 1 amide bonds. The molecular weight excluding hydrogens is 254 g/mol. The van der Waals surface area contributed by atoms with Gasteiger partial charge in [-0.2, -0.15) is 5.10 Å². The van der Waals surface area contributed by atoms with Crippen molar-refractivity contribution in [3.63, 3.8) is 0 Å². The summed E-state index contributed by atoms with van der Waals surface area (Å²) in [6.07, 6.45) is 1.61. The van der Waals surface area contributed by atoms with Gasteiger partial charge in [-0.1, -0.05) is 12.1 Å². The van der Waals surface area contributed by atoms with E-state index in [9.17, 15) is 4.79 Å². The van der Waals surface area contributed by atoms with Gasteiger partial charge in [-0.15, -0.1) is 0 Å². The van der Waals surface area contributed by atoms with Crippen LogP contribution in [0.4, 0.5) is 0 Å². The molecule has 0 fully saturated rings. The summed E-state index contributed by atoms with van der Waals surface area (Å²) in [5, 5.41) is 7.07. The minimum atomic E-state index is -0.0991. The number of benzene rings is 1. The van der Waals surface area contributed by atoms with Crippen LogP contribution >= 0.6 is 0 Å². The highest BCUT2D eigenvalue weighted by atomic mass is 16.5. The van der Waals surface area contributed by atoms with Crippen molar-refractivity contribution in [1.82, 2.24) is 15.1 Å². The fourth-order valence-electron chi connectivity index (χ4n) is 2.01. The molecule has 1 aromatic heterocycles. The van der Waals surface area contributed by atoms with Crippen molar-refractivity contribution in [1.29, 1.82) is 0 Å². The van der Waals surface area contributed by atoms with E-state index in [-0.39, 0.29) is 5.91 Å². The third-order valence-electron chi connectivity index (χ3n) is 3.26. The predicted molar refractivity (Wildman–Crippen MR) is 76.8 cm³/mol. The summed E-state index contributed by atoms with van der Waals surface area (Å²) in [5.41, 5.74) is 2.54. The maximum absolute atomic E-state index is 12.1. The number of aryl methyl sites for hydroxylation is 1. The fraction of sp³-hybridized carbons (Fsp3) is 0.333. The van der Waals surface area contributed by atoms with Gasteiger partial charge in [0, 0.05) is 18.8 Å². The first-order valence-electron chi connectivity index (χ1n) is 6.59. The predicted octanol–water partition coefficient (Wildman–Crippen LogP) is 2.15. The number of carbonyl (C=O) groups excluding carboxylic acids is 1. The van der Waals surface area contributed by atoms with Crippen molar-refractivity contribution in [2.45, 2.75) is 26.9 Å². The van der Waals surface area contributed by atoms with Gasteiger partial charge in [-0.3, -0.25) is 9.48 Å². The summed E-state index contributed by atoms with van der Waals surface area (Å²) < 4.78 is 6.90. The van der Waals surface area contributed by atoms with Crippen LogP contribution in [-0.2, 0) is 13.1 Å². The molecule has 1 aromatic carbocycles. The molecule has 0 aliphatic rings. The molecule has 2 rings (SSSR count). The zero-order valence-electron chi connectivity index (χ0n) is 12.0. The van der Waals surface area contributed by atoms with Gasteiger partial charge in [0.25, 0.3) is 5.91 Å². The summed E-state index contributed by atoms with van der Waals surface area (Å²) >= 11 is 0. The van der Waals surface area contributed by atoms with Crippen LogP contribution in [0.5, 0.6) is 5.75 Å². The molecule has 5 nitrogen and oxygen atoms in total. The Morgan fingerprint density at radius 2 is 2.05 bits per heavy atom. The molecule has 0 spiro atoms. The molecule has 2 aromatic rings. The number of nitrogens with zero attached hydrogens (tertiary/aromatic N) is 2. The SMILES string of the molecule is CCn1ncc(C(=O)NCc2ccc(OC)cc2)c1C.